The van der Waals surface area contributed by atoms with Crippen LogP contribution in [0.15, 0.2) is 42.7 Å². The first-order chi connectivity index (χ1) is 17.0. The fourth-order valence-corrected chi connectivity index (χ4v) is 5.52. The van der Waals surface area contributed by atoms with Crippen LogP contribution in [0.3, 0.4) is 0 Å². The van der Waals surface area contributed by atoms with Gasteiger partial charge in [-0.25, -0.2) is 9.18 Å². The van der Waals surface area contributed by atoms with Crippen LogP contribution in [-0.4, -0.2) is 39.6 Å². The Hall–Kier alpha value is -2.96. The molecule has 1 aromatic carbocycles. The molecule has 1 N–H and O–H groups in total. The summed E-state index contributed by atoms with van der Waals surface area (Å²) in [6, 6.07) is 8.40. The number of piperidine rings is 1. The van der Waals surface area contributed by atoms with E-state index in [0.29, 0.717) is 12.3 Å². The first kappa shape index (κ1) is 24.7. The Labute approximate surface area is 212 Å². The number of carbonyl (C=O) groups is 2. The maximum Gasteiger partial charge on any atom is 0.411 e. The average molecular weight is 494 g/mol. The highest BCUT2D eigenvalue weighted by molar-refractivity contribution is 5.97. The molecule has 1 saturated heterocycles. The number of pyridine rings is 1. The van der Waals surface area contributed by atoms with Gasteiger partial charge in [-0.1, -0.05) is 25.8 Å². The minimum atomic E-state index is -0.659. The zero-order chi connectivity index (χ0) is 25.7. The van der Waals surface area contributed by atoms with Gasteiger partial charge in [0.25, 0.3) is 0 Å². The lowest BCUT2D eigenvalue weighted by Gasteiger charge is -2.32. The highest BCUT2D eigenvalue weighted by Crippen LogP contribution is 2.49. The molecule has 192 valence electrons. The molecule has 2 heterocycles. The second-order valence-corrected chi connectivity index (χ2v) is 11.9. The van der Waals surface area contributed by atoms with Crippen LogP contribution in [0.5, 0.6) is 0 Å². The first-order valence-corrected chi connectivity index (χ1v) is 13.1. The molecular weight excluding hydrogens is 457 g/mol. The van der Waals surface area contributed by atoms with Gasteiger partial charge in [-0.2, -0.15) is 0 Å². The van der Waals surface area contributed by atoms with Crippen LogP contribution in [0.1, 0.15) is 77.3 Å². The van der Waals surface area contributed by atoms with Crippen molar-refractivity contribution in [2.24, 2.45) is 11.8 Å². The summed E-state index contributed by atoms with van der Waals surface area (Å²) in [4.78, 5) is 31.9. The van der Waals surface area contributed by atoms with Crippen molar-refractivity contribution in [3.63, 3.8) is 0 Å². The van der Waals surface area contributed by atoms with E-state index in [1.807, 2.05) is 39.0 Å². The number of nitrogens with zero attached hydrogens (tertiary/aromatic N) is 2. The molecule has 1 aliphatic heterocycles. The number of fused-ring (bicyclic) bond motifs is 1. The molecular formula is C29H36FN3O3. The number of anilines is 1. The number of likely N-dealkylation sites (tertiary alicyclic amines) is 1. The SMILES string of the molecule is CC(C)(C)OC(=O)N1[C@@H]2C[C@@H]2C[C@H]1C(=O)Nc1cc(C(C)(CCC2CC2)c2ccncc2)ccc1F. The Kier molecular flexibility index (Phi) is 6.29. The molecule has 3 fully saturated rings. The lowest BCUT2D eigenvalue weighted by atomic mass is 9.72. The lowest BCUT2D eigenvalue weighted by molar-refractivity contribution is -0.121. The summed E-state index contributed by atoms with van der Waals surface area (Å²) in [5, 5.41) is 2.81. The topological polar surface area (TPSA) is 71.5 Å². The van der Waals surface area contributed by atoms with Crippen LogP contribution in [0.4, 0.5) is 14.9 Å². The van der Waals surface area contributed by atoms with Crippen molar-refractivity contribution in [3.05, 3.63) is 59.7 Å². The molecule has 36 heavy (non-hydrogen) atoms. The molecule has 3 aliphatic rings. The molecule has 4 atom stereocenters. The Morgan fingerprint density at radius 3 is 2.47 bits per heavy atom. The average Bonchev–Trinajstić information content (AvgIpc) is 3.76. The highest BCUT2D eigenvalue weighted by Gasteiger charge is 2.57. The van der Waals surface area contributed by atoms with Gasteiger partial charge in [0, 0.05) is 23.9 Å². The molecule has 1 unspecified atom stereocenters. The quantitative estimate of drug-likeness (QED) is 0.509. The second-order valence-electron chi connectivity index (χ2n) is 11.9. The summed E-state index contributed by atoms with van der Waals surface area (Å²) < 4.78 is 20.5. The molecule has 0 radical (unpaired) electrons. The van der Waals surface area contributed by atoms with Crippen molar-refractivity contribution in [3.8, 4) is 0 Å². The molecule has 0 spiro atoms. The fourth-order valence-electron chi connectivity index (χ4n) is 5.52. The van der Waals surface area contributed by atoms with E-state index in [-0.39, 0.29) is 23.1 Å². The third-order valence-electron chi connectivity index (χ3n) is 7.94. The van der Waals surface area contributed by atoms with Crippen molar-refractivity contribution in [1.29, 1.82) is 0 Å². The van der Waals surface area contributed by atoms with Crippen LogP contribution < -0.4 is 5.32 Å². The normalized spacial score (nSPS) is 24.6. The van der Waals surface area contributed by atoms with Crippen molar-refractivity contribution in [2.45, 2.75) is 89.3 Å². The third-order valence-corrected chi connectivity index (χ3v) is 7.94. The largest absolute Gasteiger partial charge is 0.444 e. The van der Waals surface area contributed by atoms with Crippen molar-refractivity contribution in [2.75, 3.05) is 5.32 Å². The van der Waals surface area contributed by atoms with Gasteiger partial charge in [-0.3, -0.25) is 14.7 Å². The maximum absolute atomic E-state index is 15.0. The Morgan fingerprint density at radius 2 is 1.81 bits per heavy atom. The minimum absolute atomic E-state index is 0.0317. The summed E-state index contributed by atoms with van der Waals surface area (Å²) in [6.07, 6.45) is 9.13. The molecule has 1 aromatic heterocycles. The van der Waals surface area contributed by atoms with E-state index in [0.717, 1.165) is 36.3 Å². The number of rotatable bonds is 7. The maximum atomic E-state index is 15.0. The van der Waals surface area contributed by atoms with Gasteiger partial charge in [-0.15, -0.1) is 0 Å². The molecule has 2 aromatic rings. The highest BCUT2D eigenvalue weighted by atomic mass is 19.1. The van der Waals surface area contributed by atoms with E-state index >= 15 is 0 Å². The number of carbonyl (C=O) groups excluding carboxylic acids is 2. The van der Waals surface area contributed by atoms with Crippen LogP contribution >= 0.6 is 0 Å². The smallest absolute Gasteiger partial charge is 0.411 e. The van der Waals surface area contributed by atoms with Gasteiger partial charge in [0.05, 0.1) is 5.69 Å². The number of halogens is 1. The van der Waals surface area contributed by atoms with E-state index in [1.165, 1.54) is 18.9 Å². The van der Waals surface area contributed by atoms with Crippen LogP contribution in [-0.2, 0) is 14.9 Å². The van der Waals surface area contributed by atoms with E-state index in [1.54, 1.807) is 23.4 Å². The first-order valence-electron chi connectivity index (χ1n) is 13.1. The summed E-state index contributed by atoms with van der Waals surface area (Å²) in [7, 11) is 0. The molecule has 5 rings (SSSR count). The van der Waals surface area contributed by atoms with Crippen LogP contribution in [0.2, 0.25) is 0 Å². The van der Waals surface area contributed by atoms with E-state index in [9.17, 15) is 14.0 Å². The molecule has 2 amide bonds. The lowest BCUT2D eigenvalue weighted by Crippen LogP contribution is -2.47. The molecule has 6 nitrogen and oxygen atoms in total. The predicted octanol–water partition coefficient (Wildman–Crippen LogP) is 6.05. The van der Waals surface area contributed by atoms with E-state index < -0.39 is 23.6 Å². The predicted molar refractivity (Wildman–Crippen MR) is 136 cm³/mol. The van der Waals surface area contributed by atoms with Gasteiger partial charge < -0.3 is 10.1 Å². The van der Waals surface area contributed by atoms with Crippen LogP contribution in [0.25, 0.3) is 0 Å². The Bertz CT molecular complexity index is 1140. The van der Waals surface area contributed by atoms with E-state index in [4.69, 9.17) is 4.74 Å². The Morgan fingerprint density at radius 1 is 1.08 bits per heavy atom. The van der Waals surface area contributed by atoms with Gasteiger partial charge in [0.2, 0.25) is 5.91 Å². The summed E-state index contributed by atoms with van der Waals surface area (Å²) >= 11 is 0. The van der Waals surface area contributed by atoms with E-state index in [2.05, 4.69) is 17.2 Å². The Balaban J connectivity index is 1.38. The summed E-state index contributed by atoms with van der Waals surface area (Å²) in [6.45, 7) is 7.61. The van der Waals surface area contributed by atoms with Crippen LogP contribution in [0, 0.1) is 17.7 Å². The number of hydrogen-bond donors (Lipinski definition) is 1. The van der Waals surface area contributed by atoms with Gasteiger partial charge >= 0.3 is 6.09 Å². The zero-order valence-corrected chi connectivity index (χ0v) is 21.6. The number of ether oxygens (including phenoxy) is 1. The number of hydrogen-bond acceptors (Lipinski definition) is 4. The van der Waals surface area contributed by atoms with Gasteiger partial charge in [-0.05, 0) is 93.7 Å². The van der Waals surface area contributed by atoms with Gasteiger partial charge in [0.15, 0.2) is 0 Å². The molecule has 2 aliphatic carbocycles. The van der Waals surface area contributed by atoms with Crippen molar-refractivity contribution < 1.29 is 18.7 Å². The zero-order valence-electron chi connectivity index (χ0n) is 21.6. The van der Waals surface area contributed by atoms with Gasteiger partial charge in [0.1, 0.15) is 17.5 Å². The third kappa shape index (κ3) is 5.11. The summed E-state index contributed by atoms with van der Waals surface area (Å²) in [5.74, 6) is 0.214. The fraction of sp³-hybridized carbons (Fsp3) is 0.552. The number of nitrogens with one attached hydrogen (secondary N) is 1. The molecule has 0 bridgehead atoms. The standard InChI is InChI=1S/C29H36FN3O3/c1-28(2,3)36-27(35)33-24-15-19(24)16-25(33)26(34)32-23-17-21(7-8-22(23)30)29(4,12-9-18-5-6-18)20-10-13-31-14-11-20/h7-8,10-11,13-14,17-19,24-25H,5-6,9,12,15-16H2,1-4H3,(H,32,34)/t19-,24-,25+,29?/m1/s1. The minimum Gasteiger partial charge on any atom is -0.444 e. The molecule has 7 heteroatoms. The number of amides is 2. The van der Waals surface area contributed by atoms with Crippen molar-refractivity contribution in [1.82, 2.24) is 9.88 Å². The molecule has 2 saturated carbocycles. The summed E-state index contributed by atoms with van der Waals surface area (Å²) in [5.41, 5.74) is 1.23. The van der Waals surface area contributed by atoms with Crippen molar-refractivity contribution >= 4 is 17.7 Å². The second kappa shape index (κ2) is 9.16. The number of aromatic nitrogens is 1. The monoisotopic (exact) mass is 493 g/mol. The number of benzene rings is 1.